The van der Waals surface area contributed by atoms with Crippen LogP contribution >= 0.6 is 0 Å². The van der Waals surface area contributed by atoms with E-state index in [9.17, 15) is 14.7 Å². The van der Waals surface area contributed by atoms with Gasteiger partial charge in [0.1, 0.15) is 11.6 Å². The van der Waals surface area contributed by atoms with Gasteiger partial charge in [0.15, 0.2) is 0 Å². The fraction of sp³-hybridized carbons (Fsp3) is 0.846. The van der Waals surface area contributed by atoms with Gasteiger partial charge in [0.2, 0.25) is 0 Å². The van der Waals surface area contributed by atoms with Crippen LogP contribution in [0.3, 0.4) is 0 Å². The molecule has 1 fully saturated rings. The van der Waals surface area contributed by atoms with Gasteiger partial charge in [-0.25, -0.2) is 9.59 Å². The van der Waals surface area contributed by atoms with Crippen LogP contribution in [0.4, 0.5) is 4.79 Å². The first-order valence-corrected chi connectivity index (χ1v) is 6.50. The SMILES string of the molecule is CCCC(C(=O)O)N(C(=O)OC(C)(C)C)C1CC1. The molecule has 1 atom stereocenters. The van der Waals surface area contributed by atoms with Crippen molar-refractivity contribution in [1.82, 2.24) is 4.90 Å². The maximum Gasteiger partial charge on any atom is 0.411 e. The third kappa shape index (κ3) is 4.20. The predicted molar refractivity (Wildman–Crippen MR) is 67.4 cm³/mol. The highest BCUT2D eigenvalue weighted by molar-refractivity contribution is 5.80. The van der Waals surface area contributed by atoms with E-state index in [0.717, 1.165) is 19.3 Å². The van der Waals surface area contributed by atoms with Crippen molar-refractivity contribution in [3.05, 3.63) is 0 Å². The van der Waals surface area contributed by atoms with Crippen LogP contribution in [0.5, 0.6) is 0 Å². The summed E-state index contributed by atoms with van der Waals surface area (Å²) in [6.07, 6.45) is 2.42. The highest BCUT2D eigenvalue weighted by atomic mass is 16.6. The Hall–Kier alpha value is -1.26. The Labute approximate surface area is 108 Å². The average Bonchev–Trinajstić information content (AvgIpc) is 2.97. The molecule has 104 valence electrons. The molecule has 0 aliphatic heterocycles. The number of carbonyl (C=O) groups is 2. The van der Waals surface area contributed by atoms with E-state index in [1.165, 1.54) is 4.90 Å². The molecule has 1 aliphatic carbocycles. The molecule has 1 aliphatic rings. The van der Waals surface area contributed by atoms with Gasteiger partial charge in [-0.3, -0.25) is 4.90 Å². The zero-order chi connectivity index (χ0) is 13.9. The quantitative estimate of drug-likeness (QED) is 0.822. The van der Waals surface area contributed by atoms with E-state index in [1.807, 2.05) is 6.92 Å². The topological polar surface area (TPSA) is 66.8 Å². The minimum Gasteiger partial charge on any atom is -0.480 e. The summed E-state index contributed by atoms with van der Waals surface area (Å²) in [6.45, 7) is 7.26. The van der Waals surface area contributed by atoms with Crippen molar-refractivity contribution in [3.63, 3.8) is 0 Å². The maximum absolute atomic E-state index is 12.1. The fourth-order valence-electron chi connectivity index (χ4n) is 1.85. The van der Waals surface area contributed by atoms with Gasteiger partial charge in [-0.1, -0.05) is 13.3 Å². The third-order valence-electron chi connectivity index (χ3n) is 2.73. The molecule has 1 N–H and O–H groups in total. The van der Waals surface area contributed by atoms with E-state index < -0.39 is 23.7 Å². The molecule has 0 saturated heterocycles. The van der Waals surface area contributed by atoms with Gasteiger partial charge < -0.3 is 9.84 Å². The molecule has 1 rings (SSSR count). The Bertz CT molecular complexity index is 317. The van der Waals surface area contributed by atoms with Crippen molar-refractivity contribution < 1.29 is 19.4 Å². The smallest absolute Gasteiger partial charge is 0.411 e. The van der Waals surface area contributed by atoms with E-state index in [1.54, 1.807) is 20.8 Å². The molecule has 1 unspecified atom stereocenters. The molecule has 0 aromatic heterocycles. The first-order chi connectivity index (χ1) is 8.26. The van der Waals surface area contributed by atoms with E-state index in [-0.39, 0.29) is 6.04 Å². The first kappa shape index (κ1) is 14.8. The van der Waals surface area contributed by atoms with E-state index >= 15 is 0 Å². The number of aliphatic carboxylic acids is 1. The second kappa shape index (κ2) is 5.59. The molecule has 1 saturated carbocycles. The summed E-state index contributed by atoms with van der Waals surface area (Å²) in [7, 11) is 0. The van der Waals surface area contributed by atoms with Crippen LogP contribution in [0, 0.1) is 0 Å². The molecule has 0 spiro atoms. The molecule has 0 aromatic rings. The molecule has 0 bridgehead atoms. The van der Waals surface area contributed by atoms with Crippen LogP contribution in [-0.2, 0) is 9.53 Å². The lowest BCUT2D eigenvalue weighted by atomic mass is 10.1. The number of carboxylic acid groups (broad SMARTS) is 1. The van der Waals surface area contributed by atoms with Crippen molar-refractivity contribution >= 4 is 12.1 Å². The Morgan fingerprint density at radius 2 is 1.94 bits per heavy atom. The van der Waals surface area contributed by atoms with Gasteiger partial charge in [0.05, 0.1) is 0 Å². The van der Waals surface area contributed by atoms with Crippen LogP contribution in [0.25, 0.3) is 0 Å². The van der Waals surface area contributed by atoms with E-state index in [2.05, 4.69) is 0 Å². The summed E-state index contributed by atoms with van der Waals surface area (Å²) in [4.78, 5) is 24.8. The van der Waals surface area contributed by atoms with Gasteiger partial charge in [-0.2, -0.15) is 0 Å². The van der Waals surface area contributed by atoms with Crippen LogP contribution in [0.2, 0.25) is 0 Å². The molecular weight excluding hydrogens is 234 g/mol. The standard InChI is InChI=1S/C13H23NO4/c1-5-6-10(11(15)16)14(9-7-8-9)12(17)18-13(2,3)4/h9-10H,5-8H2,1-4H3,(H,15,16). The third-order valence-corrected chi connectivity index (χ3v) is 2.73. The second-order valence-electron chi connectivity index (χ2n) is 5.76. The number of hydrogen-bond acceptors (Lipinski definition) is 3. The second-order valence-corrected chi connectivity index (χ2v) is 5.76. The summed E-state index contributed by atoms with van der Waals surface area (Å²) in [6, 6.07) is -0.732. The molecule has 5 heteroatoms. The number of carboxylic acids is 1. The number of amides is 1. The van der Waals surface area contributed by atoms with E-state index in [0.29, 0.717) is 6.42 Å². The minimum atomic E-state index is -0.949. The molecule has 0 heterocycles. The Balaban J connectivity index is 2.80. The van der Waals surface area contributed by atoms with Gasteiger partial charge in [0, 0.05) is 6.04 Å². The number of rotatable bonds is 5. The summed E-state index contributed by atoms with van der Waals surface area (Å²) >= 11 is 0. The van der Waals surface area contributed by atoms with Crippen molar-refractivity contribution in [2.24, 2.45) is 0 Å². The number of ether oxygens (including phenoxy) is 1. The Morgan fingerprint density at radius 1 is 1.39 bits per heavy atom. The van der Waals surface area contributed by atoms with Gasteiger partial charge in [-0.05, 0) is 40.0 Å². The summed E-state index contributed by atoms with van der Waals surface area (Å²) < 4.78 is 5.30. The molecular formula is C13H23NO4. The monoisotopic (exact) mass is 257 g/mol. The van der Waals surface area contributed by atoms with Crippen molar-refractivity contribution in [2.45, 2.75) is 71.1 Å². The van der Waals surface area contributed by atoms with Crippen LogP contribution in [0.15, 0.2) is 0 Å². The first-order valence-electron chi connectivity index (χ1n) is 6.50. The number of nitrogens with zero attached hydrogens (tertiary/aromatic N) is 1. The largest absolute Gasteiger partial charge is 0.480 e. The van der Waals surface area contributed by atoms with Gasteiger partial charge >= 0.3 is 12.1 Å². The molecule has 1 amide bonds. The van der Waals surface area contributed by atoms with Gasteiger partial charge in [0.25, 0.3) is 0 Å². The Morgan fingerprint density at radius 3 is 2.28 bits per heavy atom. The van der Waals surface area contributed by atoms with Crippen LogP contribution in [0.1, 0.15) is 53.4 Å². The maximum atomic E-state index is 12.1. The zero-order valence-electron chi connectivity index (χ0n) is 11.6. The van der Waals surface area contributed by atoms with Crippen LogP contribution in [-0.4, -0.2) is 39.8 Å². The predicted octanol–water partition coefficient (Wildman–Crippen LogP) is 2.64. The van der Waals surface area contributed by atoms with Crippen LogP contribution < -0.4 is 0 Å². The minimum absolute atomic E-state index is 0.0347. The Kier molecular flexibility index (Phi) is 4.59. The summed E-state index contributed by atoms with van der Waals surface area (Å²) in [5.41, 5.74) is -0.598. The lowest BCUT2D eigenvalue weighted by Crippen LogP contribution is -2.48. The molecule has 0 aromatic carbocycles. The van der Waals surface area contributed by atoms with Crippen molar-refractivity contribution in [1.29, 1.82) is 0 Å². The average molecular weight is 257 g/mol. The number of carbonyl (C=O) groups excluding carboxylic acids is 1. The summed E-state index contributed by atoms with van der Waals surface area (Å²) in [5, 5.41) is 9.25. The highest BCUT2D eigenvalue weighted by Gasteiger charge is 2.42. The molecule has 0 radical (unpaired) electrons. The summed E-state index contributed by atoms with van der Waals surface area (Å²) in [5.74, 6) is -0.949. The molecule has 18 heavy (non-hydrogen) atoms. The lowest BCUT2D eigenvalue weighted by Gasteiger charge is -2.31. The van der Waals surface area contributed by atoms with Crippen molar-refractivity contribution in [3.8, 4) is 0 Å². The fourth-order valence-corrected chi connectivity index (χ4v) is 1.85. The van der Waals surface area contributed by atoms with Crippen molar-refractivity contribution in [2.75, 3.05) is 0 Å². The molecule has 5 nitrogen and oxygen atoms in total. The van der Waals surface area contributed by atoms with E-state index in [4.69, 9.17) is 4.74 Å². The van der Waals surface area contributed by atoms with Gasteiger partial charge in [-0.15, -0.1) is 0 Å². The normalized spacial score (nSPS) is 17.1. The lowest BCUT2D eigenvalue weighted by molar-refractivity contribution is -0.143. The number of hydrogen-bond donors (Lipinski definition) is 1. The highest BCUT2D eigenvalue weighted by Crippen LogP contribution is 2.31. The zero-order valence-corrected chi connectivity index (χ0v) is 11.6.